The first-order valence-electron chi connectivity index (χ1n) is 8.68. The van der Waals surface area contributed by atoms with Gasteiger partial charge in [0.2, 0.25) is 0 Å². The molecule has 1 heterocycles. The van der Waals surface area contributed by atoms with E-state index >= 15 is 0 Å². The van der Waals surface area contributed by atoms with Crippen molar-refractivity contribution in [2.45, 2.75) is 38.8 Å². The van der Waals surface area contributed by atoms with Gasteiger partial charge in [0, 0.05) is 31.1 Å². The van der Waals surface area contributed by atoms with Crippen LogP contribution >= 0.6 is 11.3 Å². The van der Waals surface area contributed by atoms with Gasteiger partial charge in [0.25, 0.3) is 0 Å². The second-order valence-electron chi connectivity index (χ2n) is 6.36. The minimum absolute atomic E-state index is 0.308. The number of nitrogens with one attached hydrogen (secondary N) is 1. The lowest BCUT2D eigenvalue weighted by molar-refractivity contribution is 0.473. The highest BCUT2D eigenvalue weighted by Gasteiger charge is 2.17. The van der Waals surface area contributed by atoms with Gasteiger partial charge in [-0.1, -0.05) is 6.07 Å². The van der Waals surface area contributed by atoms with Crippen LogP contribution in [0.15, 0.2) is 23.2 Å². The Morgan fingerprint density at radius 2 is 2.23 bits per heavy atom. The van der Waals surface area contributed by atoms with Crippen LogP contribution in [0.5, 0.6) is 0 Å². The Morgan fingerprint density at radius 3 is 2.92 bits per heavy atom. The third-order valence-electron chi connectivity index (χ3n) is 4.45. The fourth-order valence-corrected chi connectivity index (χ4v) is 4.28. The molecular formula is C19H22FN5S. The van der Waals surface area contributed by atoms with Gasteiger partial charge in [0.15, 0.2) is 5.96 Å². The molecule has 0 saturated heterocycles. The molecule has 2 aromatic rings. The number of guanidine groups is 1. The molecule has 1 aromatic carbocycles. The highest BCUT2D eigenvalue weighted by Crippen LogP contribution is 2.27. The third-order valence-corrected chi connectivity index (χ3v) is 5.60. The lowest BCUT2D eigenvalue weighted by atomic mass is 10.0. The number of fused-ring (bicyclic) bond motifs is 1. The predicted octanol–water partition coefficient (Wildman–Crippen LogP) is 3.24. The molecule has 0 bridgehead atoms. The maximum Gasteiger partial charge on any atom is 0.194 e. The maximum atomic E-state index is 14.0. The predicted molar refractivity (Wildman–Crippen MR) is 102 cm³/mol. The fourth-order valence-electron chi connectivity index (χ4n) is 3.07. The van der Waals surface area contributed by atoms with Crippen molar-refractivity contribution >= 4 is 17.3 Å². The minimum Gasteiger partial charge on any atom is -0.352 e. The number of rotatable bonds is 4. The van der Waals surface area contributed by atoms with E-state index in [1.807, 2.05) is 18.0 Å². The van der Waals surface area contributed by atoms with Crippen molar-refractivity contribution in [2.75, 3.05) is 14.1 Å². The quantitative estimate of drug-likeness (QED) is 0.662. The summed E-state index contributed by atoms with van der Waals surface area (Å²) in [6, 6.07) is 6.44. The molecule has 0 aliphatic heterocycles. The summed E-state index contributed by atoms with van der Waals surface area (Å²) in [5.41, 5.74) is 2.08. The number of thiazole rings is 1. The topological polar surface area (TPSA) is 64.3 Å². The Bertz CT molecular complexity index is 829. The summed E-state index contributed by atoms with van der Waals surface area (Å²) in [7, 11) is 3.66. The van der Waals surface area contributed by atoms with E-state index in [9.17, 15) is 4.39 Å². The Morgan fingerprint density at radius 1 is 1.42 bits per heavy atom. The average Bonchev–Trinajstić information content (AvgIpc) is 3.05. The van der Waals surface area contributed by atoms with Gasteiger partial charge in [-0.3, -0.25) is 4.99 Å². The molecule has 1 N–H and O–H groups in total. The smallest absolute Gasteiger partial charge is 0.194 e. The van der Waals surface area contributed by atoms with E-state index in [-0.39, 0.29) is 5.82 Å². The van der Waals surface area contributed by atoms with Crippen molar-refractivity contribution in [1.82, 2.24) is 15.2 Å². The number of benzene rings is 1. The molecule has 26 heavy (non-hydrogen) atoms. The largest absolute Gasteiger partial charge is 0.352 e. The number of hydrogen-bond acceptors (Lipinski definition) is 4. The first-order chi connectivity index (χ1) is 12.6. The standard InChI is InChI=1S/C19H22FN5S/c1-22-19(23-11-14-8-7-13(10-21)9-15(14)20)25(2)12-18-24-16-5-3-4-6-17(16)26-18/h7-9H,3-6,11-12H2,1-2H3,(H,22,23). The Hall–Kier alpha value is -2.46. The zero-order valence-corrected chi connectivity index (χ0v) is 15.9. The maximum absolute atomic E-state index is 14.0. The minimum atomic E-state index is -0.387. The van der Waals surface area contributed by atoms with Crippen LogP contribution < -0.4 is 5.32 Å². The molecule has 0 spiro atoms. The second kappa shape index (κ2) is 8.28. The molecular weight excluding hydrogens is 349 g/mol. The molecule has 0 amide bonds. The lowest BCUT2D eigenvalue weighted by Gasteiger charge is -2.21. The van der Waals surface area contributed by atoms with Crippen LogP contribution in [0.25, 0.3) is 0 Å². The van der Waals surface area contributed by atoms with E-state index in [1.54, 1.807) is 30.5 Å². The Kier molecular flexibility index (Phi) is 5.84. The van der Waals surface area contributed by atoms with E-state index in [1.165, 1.54) is 29.5 Å². The van der Waals surface area contributed by atoms with Gasteiger partial charge in [-0.2, -0.15) is 5.26 Å². The van der Waals surface area contributed by atoms with Crippen molar-refractivity contribution < 1.29 is 4.39 Å². The third kappa shape index (κ3) is 4.20. The van der Waals surface area contributed by atoms with Crippen molar-refractivity contribution in [3.05, 3.63) is 50.7 Å². The number of nitrogens with zero attached hydrogens (tertiary/aromatic N) is 4. The van der Waals surface area contributed by atoms with E-state index in [0.717, 1.165) is 17.8 Å². The molecule has 5 nitrogen and oxygen atoms in total. The number of halogens is 1. The van der Waals surface area contributed by atoms with E-state index in [4.69, 9.17) is 10.2 Å². The van der Waals surface area contributed by atoms with Gasteiger partial charge in [-0.15, -0.1) is 11.3 Å². The highest BCUT2D eigenvalue weighted by atomic mass is 32.1. The molecule has 0 radical (unpaired) electrons. The molecule has 1 aromatic heterocycles. The lowest BCUT2D eigenvalue weighted by Crippen LogP contribution is -2.38. The Labute approximate surface area is 157 Å². The fraction of sp³-hybridized carbons (Fsp3) is 0.421. The summed E-state index contributed by atoms with van der Waals surface area (Å²) in [6.45, 7) is 0.982. The van der Waals surface area contributed by atoms with Crippen molar-refractivity contribution in [3.8, 4) is 6.07 Å². The molecule has 0 unspecified atom stereocenters. The highest BCUT2D eigenvalue weighted by molar-refractivity contribution is 7.11. The second-order valence-corrected chi connectivity index (χ2v) is 7.53. The van der Waals surface area contributed by atoms with Gasteiger partial charge in [0.1, 0.15) is 10.8 Å². The van der Waals surface area contributed by atoms with Gasteiger partial charge in [-0.05, 0) is 37.8 Å². The van der Waals surface area contributed by atoms with E-state index < -0.39 is 0 Å². The van der Waals surface area contributed by atoms with Crippen LogP contribution in [0.1, 0.15) is 39.5 Å². The normalized spacial score (nSPS) is 13.8. The zero-order valence-electron chi connectivity index (χ0n) is 15.0. The van der Waals surface area contributed by atoms with E-state index in [2.05, 4.69) is 10.3 Å². The van der Waals surface area contributed by atoms with Crippen molar-refractivity contribution in [1.29, 1.82) is 5.26 Å². The van der Waals surface area contributed by atoms with Gasteiger partial charge < -0.3 is 10.2 Å². The summed E-state index contributed by atoms with van der Waals surface area (Å²) in [4.78, 5) is 12.5. The van der Waals surface area contributed by atoms with Crippen LogP contribution in [-0.4, -0.2) is 29.9 Å². The van der Waals surface area contributed by atoms with Crippen LogP contribution in [0.4, 0.5) is 4.39 Å². The van der Waals surface area contributed by atoms with Gasteiger partial charge in [0.05, 0.1) is 23.9 Å². The first-order valence-corrected chi connectivity index (χ1v) is 9.50. The number of nitriles is 1. The monoisotopic (exact) mass is 371 g/mol. The molecule has 0 atom stereocenters. The zero-order chi connectivity index (χ0) is 18.5. The number of aryl methyl sites for hydroxylation is 2. The molecule has 1 aliphatic rings. The Balaban J connectivity index is 1.61. The summed E-state index contributed by atoms with van der Waals surface area (Å²) < 4.78 is 14.0. The molecule has 1 aliphatic carbocycles. The summed E-state index contributed by atoms with van der Waals surface area (Å²) >= 11 is 1.79. The molecule has 0 fully saturated rings. The van der Waals surface area contributed by atoms with Gasteiger partial charge in [-0.25, -0.2) is 9.37 Å². The van der Waals surface area contributed by atoms with Crippen LogP contribution in [0.2, 0.25) is 0 Å². The SMILES string of the molecule is CN=C(NCc1ccc(C#N)cc1F)N(C)Cc1nc2c(s1)CCCC2. The van der Waals surface area contributed by atoms with E-state index in [0.29, 0.717) is 30.2 Å². The molecule has 7 heteroatoms. The first kappa shape index (κ1) is 18.3. The average molecular weight is 371 g/mol. The van der Waals surface area contributed by atoms with Crippen LogP contribution in [-0.2, 0) is 25.9 Å². The number of aliphatic imine (C=N–C) groups is 1. The number of aromatic nitrogens is 1. The molecule has 3 rings (SSSR count). The number of hydrogen-bond donors (Lipinski definition) is 1. The van der Waals surface area contributed by atoms with Crippen molar-refractivity contribution in [3.63, 3.8) is 0 Å². The molecule has 136 valence electrons. The summed E-state index contributed by atoms with van der Waals surface area (Å²) in [5.74, 6) is 0.296. The van der Waals surface area contributed by atoms with Crippen LogP contribution in [0, 0.1) is 17.1 Å². The van der Waals surface area contributed by atoms with Crippen molar-refractivity contribution in [2.24, 2.45) is 4.99 Å². The summed E-state index contributed by atoms with van der Waals surface area (Å²) in [5, 5.41) is 13.1. The summed E-state index contributed by atoms with van der Waals surface area (Å²) in [6.07, 6.45) is 4.71. The van der Waals surface area contributed by atoms with Crippen LogP contribution in [0.3, 0.4) is 0 Å². The molecule has 0 saturated carbocycles. The van der Waals surface area contributed by atoms with Gasteiger partial charge >= 0.3 is 0 Å².